The van der Waals surface area contributed by atoms with E-state index in [4.69, 9.17) is 4.74 Å². The van der Waals surface area contributed by atoms with Gasteiger partial charge in [0.25, 0.3) is 0 Å². The summed E-state index contributed by atoms with van der Waals surface area (Å²) in [6, 6.07) is 0. The van der Waals surface area contributed by atoms with Crippen molar-refractivity contribution in [1.82, 2.24) is 15.5 Å². The van der Waals surface area contributed by atoms with Gasteiger partial charge in [0.1, 0.15) is 6.54 Å². The van der Waals surface area contributed by atoms with Crippen LogP contribution in [0.1, 0.15) is 52.4 Å². The summed E-state index contributed by atoms with van der Waals surface area (Å²) in [6.07, 6.45) is 8.03. The summed E-state index contributed by atoms with van der Waals surface area (Å²) >= 11 is 0. The second kappa shape index (κ2) is 14.6. The number of amides is 1. The van der Waals surface area contributed by atoms with Crippen LogP contribution in [0.15, 0.2) is 4.99 Å². The average molecular weight is 468 g/mol. The Hall–Kier alpha value is -0.570. The Kier molecular flexibility index (Phi) is 14.3. The van der Waals surface area contributed by atoms with Gasteiger partial charge >= 0.3 is 0 Å². The number of aliphatic imine (C=N–C) groups is 1. The summed E-state index contributed by atoms with van der Waals surface area (Å²) in [5.74, 6) is 1.20. The maximum absolute atomic E-state index is 11.7. The van der Waals surface area contributed by atoms with Crippen LogP contribution in [0.5, 0.6) is 0 Å². The molecule has 0 unspecified atom stereocenters. The lowest BCUT2D eigenvalue weighted by Gasteiger charge is -2.18. The number of nitrogens with zero attached hydrogens (tertiary/aromatic N) is 2. The first-order chi connectivity index (χ1) is 11.5. The molecule has 7 heteroatoms. The second-order valence-corrected chi connectivity index (χ2v) is 7.14. The number of hydrogen-bond acceptors (Lipinski definition) is 3. The zero-order chi connectivity index (χ0) is 17.8. The molecule has 148 valence electrons. The number of ether oxygens (including phenoxy) is 1. The third-order valence-electron chi connectivity index (χ3n) is 4.10. The Morgan fingerprint density at radius 3 is 2.36 bits per heavy atom. The number of halogens is 1. The molecular formula is C18H37IN4O2. The van der Waals surface area contributed by atoms with Crippen molar-refractivity contribution in [1.29, 1.82) is 0 Å². The van der Waals surface area contributed by atoms with E-state index in [0.29, 0.717) is 31.1 Å². The Bertz CT molecular complexity index is 381. The molecule has 0 bridgehead atoms. The predicted molar refractivity (Wildman–Crippen MR) is 115 cm³/mol. The number of guanidine groups is 1. The van der Waals surface area contributed by atoms with Gasteiger partial charge in [-0.25, -0.2) is 4.99 Å². The third kappa shape index (κ3) is 12.4. The SMILES string of the molecule is CC(C)CNC(=NCC(=O)N(C)C)NCCOC1CCCCCC1.I. The fraction of sp³-hybridized carbons (Fsp3) is 0.889. The van der Waals surface area contributed by atoms with Crippen molar-refractivity contribution in [3.05, 3.63) is 0 Å². The Balaban J connectivity index is 0.00000576. The zero-order valence-electron chi connectivity index (χ0n) is 16.3. The van der Waals surface area contributed by atoms with Gasteiger partial charge in [-0.15, -0.1) is 24.0 Å². The minimum absolute atomic E-state index is 0. The first-order valence-corrected chi connectivity index (χ1v) is 9.33. The van der Waals surface area contributed by atoms with Crippen molar-refractivity contribution in [3.63, 3.8) is 0 Å². The van der Waals surface area contributed by atoms with Gasteiger partial charge in [0.15, 0.2) is 5.96 Å². The predicted octanol–water partition coefficient (Wildman–Crippen LogP) is 2.62. The van der Waals surface area contributed by atoms with Crippen LogP contribution in [-0.4, -0.2) is 63.2 Å². The number of nitrogens with one attached hydrogen (secondary N) is 2. The summed E-state index contributed by atoms with van der Waals surface area (Å²) < 4.78 is 5.98. The molecule has 1 aliphatic rings. The average Bonchev–Trinajstić information content (AvgIpc) is 2.81. The van der Waals surface area contributed by atoms with Gasteiger partial charge in [-0.1, -0.05) is 39.5 Å². The van der Waals surface area contributed by atoms with Crippen LogP contribution in [0, 0.1) is 5.92 Å². The molecule has 0 aromatic rings. The summed E-state index contributed by atoms with van der Waals surface area (Å²) in [4.78, 5) is 17.6. The van der Waals surface area contributed by atoms with Crippen molar-refractivity contribution < 1.29 is 9.53 Å². The molecule has 2 N–H and O–H groups in total. The largest absolute Gasteiger partial charge is 0.376 e. The van der Waals surface area contributed by atoms with E-state index < -0.39 is 0 Å². The summed E-state index contributed by atoms with van der Waals surface area (Å²) in [6.45, 7) is 6.65. The first kappa shape index (κ1) is 24.4. The number of carbonyl (C=O) groups excluding carboxylic acids is 1. The lowest BCUT2D eigenvalue weighted by molar-refractivity contribution is -0.127. The highest BCUT2D eigenvalue weighted by Crippen LogP contribution is 2.19. The molecule has 1 rings (SSSR count). The topological polar surface area (TPSA) is 66.0 Å². The highest BCUT2D eigenvalue weighted by Gasteiger charge is 2.12. The van der Waals surface area contributed by atoms with E-state index in [-0.39, 0.29) is 36.4 Å². The highest BCUT2D eigenvalue weighted by molar-refractivity contribution is 14.0. The monoisotopic (exact) mass is 468 g/mol. The van der Waals surface area contributed by atoms with Gasteiger partial charge in [-0.2, -0.15) is 0 Å². The Morgan fingerprint density at radius 1 is 1.16 bits per heavy atom. The molecule has 25 heavy (non-hydrogen) atoms. The highest BCUT2D eigenvalue weighted by atomic mass is 127. The van der Waals surface area contributed by atoms with Gasteiger partial charge in [-0.05, 0) is 18.8 Å². The summed E-state index contributed by atoms with van der Waals surface area (Å²) in [7, 11) is 3.49. The van der Waals surface area contributed by atoms with Crippen LogP contribution in [0.3, 0.4) is 0 Å². The van der Waals surface area contributed by atoms with E-state index in [1.165, 1.54) is 38.5 Å². The molecule has 0 heterocycles. The Labute approximate surface area is 170 Å². The van der Waals surface area contributed by atoms with Crippen molar-refractivity contribution in [2.45, 2.75) is 58.5 Å². The smallest absolute Gasteiger partial charge is 0.243 e. The van der Waals surface area contributed by atoms with E-state index in [1.807, 2.05) is 0 Å². The number of rotatable bonds is 8. The summed E-state index contributed by atoms with van der Waals surface area (Å²) in [5.41, 5.74) is 0. The van der Waals surface area contributed by atoms with Crippen molar-refractivity contribution in [3.8, 4) is 0 Å². The molecule has 0 aliphatic heterocycles. The maximum atomic E-state index is 11.7. The number of hydrogen-bond donors (Lipinski definition) is 2. The van der Waals surface area contributed by atoms with E-state index >= 15 is 0 Å². The van der Waals surface area contributed by atoms with Crippen LogP contribution < -0.4 is 10.6 Å². The van der Waals surface area contributed by atoms with Crippen LogP contribution in [0.2, 0.25) is 0 Å². The molecule has 0 aromatic carbocycles. The molecule has 6 nitrogen and oxygen atoms in total. The minimum Gasteiger partial charge on any atom is -0.376 e. The molecule has 1 saturated carbocycles. The van der Waals surface area contributed by atoms with Gasteiger partial charge in [0.05, 0.1) is 12.7 Å². The molecule has 1 amide bonds. The molecule has 1 fully saturated rings. The van der Waals surface area contributed by atoms with Gasteiger partial charge in [-0.3, -0.25) is 4.79 Å². The van der Waals surface area contributed by atoms with Crippen molar-refractivity contribution in [2.24, 2.45) is 10.9 Å². The van der Waals surface area contributed by atoms with E-state index in [0.717, 1.165) is 6.54 Å². The third-order valence-corrected chi connectivity index (χ3v) is 4.10. The minimum atomic E-state index is -0.00430. The van der Waals surface area contributed by atoms with E-state index in [9.17, 15) is 4.79 Å². The lowest BCUT2D eigenvalue weighted by atomic mass is 10.1. The molecule has 0 spiro atoms. The van der Waals surface area contributed by atoms with Gasteiger partial charge in [0.2, 0.25) is 5.91 Å². The second-order valence-electron chi connectivity index (χ2n) is 7.14. The molecule has 0 saturated heterocycles. The van der Waals surface area contributed by atoms with Crippen molar-refractivity contribution >= 4 is 35.8 Å². The molecule has 0 atom stereocenters. The Morgan fingerprint density at radius 2 is 1.80 bits per heavy atom. The number of carbonyl (C=O) groups is 1. The first-order valence-electron chi connectivity index (χ1n) is 9.33. The van der Waals surface area contributed by atoms with E-state index in [1.54, 1.807) is 19.0 Å². The van der Waals surface area contributed by atoms with Crippen LogP contribution in [0.4, 0.5) is 0 Å². The van der Waals surface area contributed by atoms with Crippen LogP contribution in [0.25, 0.3) is 0 Å². The normalized spacial score (nSPS) is 16.1. The standard InChI is InChI=1S/C18H36N4O2.HI/c1-15(2)13-20-18(21-14-17(23)22(3)4)19-11-12-24-16-9-7-5-6-8-10-16;/h15-16H,5-14H2,1-4H3,(H2,19,20,21);1H. The van der Waals surface area contributed by atoms with Gasteiger partial charge in [0, 0.05) is 27.2 Å². The zero-order valence-corrected chi connectivity index (χ0v) is 18.7. The molecule has 1 aliphatic carbocycles. The van der Waals surface area contributed by atoms with Gasteiger partial charge < -0.3 is 20.3 Å². The molecular weight excluding hydrogens is 431 g/mol. The number of likely N-dealkylation sites (N-methyl/N-ethyl adjacent to an activating group) is 1. The quantitative estimate of drug-likeness (QED) is 0.189. The fourth-order valence-corrected chi connectivity index (χ4v) is 2.57. The van der Waals surface area contributed by atoms with Crippen molar-refractivity contribution in [2.75, 3.05) is 40.3 Å². The molecule has 0 radical (unpaired) electrons. The van der Waals surface area contributed by atoms with Crippen LogP contribution >= 0.6 is 24.0 Å². The fourth-order valence-electron chi connectivity index (χ4n) is 2.57. The maximum Gasteiger partial charge on any atom is 0.243 e. The lowest BCUT2D eigenvalue weighted by Crippen LogP contribution is -2.41. The molecule has 0 aromatic heterocycles. The van der Waals surface area contributed by atoms with Crippen LogP contribution in [-0.2, 0) is 9.53 Å². The van der Waals surface area contributed by atoms with E-state index in [2.05, 4.69) is 29.5 Å². The summed E-state index contributed by atoms with van der Waals surface area (Å²) in [5, 5.41) is 6.54.